The second kappa shape index (κ2) is 5.48. The number of halogens is 3. The van der Waals surface area contributed by atoms with Gasteiger partial charge in [0.1, 0.15) is 11.5 Å². The highest BCUT2D eigenvalue weighted by atomic mass is 19.4. The van der Waals surface area contributed by atoms with Gasteiger partial charge in [-0.3, -0.25) is 0 Å². The molecular weight excluding hydrogens is 247 g/mol. The van der Waals surface area contributed by atoms with E-state index in [4.69, 9.17) is 5.73 Å². The molecule has 18 heavy (non-hydrogen) atoms. The minimum absolute atomic E-state index is 0.0389. The van der Waals surface area contributed by atoms with Crippen molar-refractivity contribution in [2.24, 2.45) is 11.7 Å². The molecule has 1 unspecified atom stereocenters. The number of benzene rings is 1. The van der Waals surface area contributed by atoms with Crippen LogP contribution in [-0.2, 0) is 0 Å². The summed E-state index contributed by atoms with van der Waals surface area (Å²) in [5.74, 6) is -0.469. The molecule has 0 aromatic heterocycles. The minimum atomic E-state index is -4.76. The Hall–Kier alpha value is -1.43. The van der Waals surface area contributed by atoms with Crippen molar-refractivity contribution in [3.63, 3.8) is 0 Å². The van der Waals surface area contributed by atoms with Crippen molar-refractivity contribution in [1.29, 1.82) is 0 Å². The van der Waals surface area contributed by atoms with Gasteiger partial charge in [-0.2, -0.15) is 0 Å². The van der Waals surface area contributed by atoms with Gasteiger partial charge in [-0.15, -0.1) is 13.2 Å². The number of phenols is 1. The molecular formula is C12H16F3NO2. The largest absolute Gasteiger partial charge is 0.573 e. The van der Waals surface area contributed by atoms with E-state index in [1.165, 1.54) is 0 Å². The van der Waals surface area contributed by atoms with Crippen molar-refractivity contribution in [2.75, 3.05) is 0 Å². The molecule has 0 aliphatic carbocycles. The zero-order chi connectivity index (χ0) is 13.9. The molecule has 0 saturated heterocycles. The highest BCUT2D eigenvalue weighted by Gasteiger charge is 2.31. The molecule has 3 N–H and O–H groups in total. The number of hydrogen-bond acceptors (Lipinski definition) is 3. The fourth-order valence-electron chi connectivity index (χ4n) is 1.56. The van der Waals surface area contributed by atoms with Crippen LogP contribution < -0.4 is 10.5 Å². The highest BCUT2D eigenvalue weighted by Crippen LogP contribution is 2.33. The van der Waals surface area contributed by atoms with E-state index >= 15 is 0 Å². The van der Waals surface area contributed by atoms with Crippen molar-refractivity contribution in [3.8, 4) is 11.5 Å². The van der Waals surface area contributed by atoms with Crippen LogP contribution >= 0.6 is 0 Å². The summed E-state index contributed by atoms with van der Waals surface area (Å²) in [7, 11) is 0. The normalized spacial score (nSPS) is 15.2. The van der Waals surface area contributed by atoms with Gasteiger partial charge in [0.15, 0.2) is 0 Å². The SMILES string of the molecule is CCC(C)[C@H](N)c1cc(OC(F)(F)F)ccc1O. The van der Waals surface area contributed by atoms with Crippen molar-refractivity contribution in [3.05, 3.63) is 23.8 Å². The van der Waals surface area contributed by atoms with E-state index in [0.29, 0.717) is 0 Å². The topological polar surface area (TPSA) is 55.5 Å². The van der Waals surface area contributed by atoms with Crippen LogP contribution in [-0.4, -0.2) is 11.5 Å². The lowest BCUT2D eigenvalue weighted by Crippen LogP contribution is -2.20. The van der Waals surface area contributed by atoms with E-state index < -0.39 is 12.4 Å². The highest BCUT2D eigenvalue weighted by molar-refractivity contribution is 5.41. The third-order valence-electron chi connectivity index (χ3n) is 2.85. The van der Waals surface area contributed by atoms with Gasteiger partial charge in [0.05, 0.1) is 0 Å². The van der Waals surface area contributed by atoms with Crippen LogP contribution in [0.4, 0.5) is 13.2 Å². The van der Waals surface area contributed by atoms with Gasteiger partial charge in [-0.1, -0.05) is 20.3 Å². The van der Waals surface area contributed by atoms with Crippen LogP contribution in [0.1, 0.15) is 31.9 Å². The fraction of sp³-hybridized carbons (Fsp3) is 0.500. The molecule has 0 aliphatic rings. The molecule has 0 spiro atoms. The second-order valence-corrected chi connectivity index (χ2v) is 4.18. The lowest BCUT2D eigenvalue weighted by Gasteiger charge is -2.20. The first-order chi connectivity index (χ1) is 8.24. The van der Waals surface area contributed by atoms with Gasteiger partial charge in [-0.05, 0) is 24.1 Å². The summed E-state index contributed by atoms with van der Waals surface area (Å²) >= 11 is 0. The molecule has 1 aromatic carbocycles. The van der Waals surface area contributed by atoms with E-state index in [1.54, 1.807) is 0 Å². The summed E-state index contributed by atoms with van der Waals surface area (Å²) in [5, 5.41) is 9.63. The number of hydrogen-bond donors (Lipinski definition) is 2. The molecule has 102 valence electrons. The van der Waals surface area contributed by atoms with Crippen molar-refractivity contribution >= 4 is 0 Å². The summed E-state index contributed by atoms with van der Waals surface area (Å²) in [6.45, 7) is 3.78. The van der Waals surface area contributed by atoms with Crippen LogP contribution in [0.2, 0.25) is 0 Å². The Balaban J connectivity index is 3.01. The molecule has 0 amide bonds. The van der Waals surface area contributed by atoms with Crippen LogP contribution in [0, 0.1) is 5.92 Å². The van der Waals surface area contributed by atoms with E-state index in [2.05, 4.69) is 4.74 Å². The Labute approximate surface area is 103 Å². The first-order valence-electron chi connectivity index (χ1n) is 5.58. The molecule has 0 radical (unpaired) electrons. The van der Waals surface area contributed by atoms with Crippen molar-refractivity contribution < 1.29 is 23.0 Å². The van der Waals surface area contributed by atoms with Crippen molar-refractivity contribution in [2.45, 2.75) is 32.7 Å². The average Bonchev–Trinajstić information content (AvgIpc) is 2.28. The summed E-state index contributed by atoms with van der Waals surface area (Å²) in [6, 6.07) is 2.79. The summed E-state index contributed by atoms with van der Waals surface area (Å²) in [5.41, 5.74) is 6.14. The molecule has 1 aromatic rings. The number of alkyl halides is 3. The number of rotatable bonds is 4. The van der Waals surface area contributed by atoms with Crippen LogP contribution in [0.5, 0.6) is 11.5 Å². The Kier molecular flexibility index (Phi) is 4.45. The Bertz CT molecular complexity index is 407. The Morgan fingerprint density at radius 3 is 2.50 bits per heavy atom. The third kappa shape index (κ3) is 3.80. The van der Waals surface area contributed by atoms with E-state index in [9.17, 15) is 18.3 Å². The smallest absolute Gasteiger partial charge is 0.508 e. The molecule has 3 nitrogen and oxygen atoms in total. The summed E-state index contributed by atoms with van der Waals surface area (Å²) < 4.78 is 40.0. The number of nitrogens with two attached hydrogens (primary N) is 1. The zero-order valence-corrected chi connectivity index (χ0v) is 10.2. The van der Waals surface area contributed by atoms with Gasteiger partial charge in [-0.25, -0.2) is 0 Å². The Morgan fingerprint density at radius 1 is 1.39 bits per heavy atom. The molecule has 0 aliphatic heterocycles. The lowest BCUT2D eigenvalue weighted by molar-refractivity contribution is -0.274. The number of phenolic OH excluding ortho intramolecular Hbond substituents is 1. The number of ether oxygens (including phenoxy) is 1. The molecule has 1 rings (SSSR count). The molecule has 2 atom stereocenters. The van der Waals surface area contributed by atoms with Gasteiger partial charge >= 0.3 is 6.36 Å². The van der Waals surface area contributed by atoms with Crippen LogP contribution in [0.15, 0.2) is 18.2 Å². The third-order valence-corrected chi connectivity index (χ3v) is 2.85. The maximum atomic E-state index is 12.1. The maximum Gasteiger partial charge on any atom is 0.573 e. The molecule has 0 fully saturated rings. The van der Waals surface area contributed by atoms with E-state index in [1.807, 2.05) is 13.8 Å². The summed E-state index contributed by atoms with van der Waals surface area (Å²) in [6.07, 6.45) is -4.00. The first kappa shape index (κ1) is 14.6. The lowest BCUT2D eigenvalue weighted by atomic mass is 9.92. The van der Waals surface area contributed by atoms with Gasteiger partial charge in [0.25, 0.3) is 0 Å². The molecule has 6 heteroatoms. The van der Waals surface area contributed by atoms with Gasteiger partial charge in [0.2, 0.25) is 0 Å². The van der Waals surface area contributed by atoms with E-state index in [0.717, 1.165) is 24.6 Å². The van der Waals surface area contributed by atoms with Gasteiger partial charge in [0, 0.05) is 11.6 Å². The number of aromatic hydroxyl groups is 1. The van der Waals surface area contributed by atoms with Gasteiger partial charge < -0.3 is 15.6 Å². The van der Waals surface area contributed by atoms with E-state index in [-0.39, 0.29) is 23.0 Å². The fourth-order valence-corrected chi connectivity index (χ4v) is 1.56. The second-order valence-electron chi connectivity index (χ2n) is 4.18. The maximum absolute atomic E-state index is 12.1. The first-order valence-corrected chi connectivity index (χ1v) is 5.58. The predicted octanol–water partition coefficient (Wildman–Crippen LogP) is 3.34. The summed E-state index contributed by atoms with van der Waals surface area (Å²) in [4.78, 5) is 0. The molecule has 0 heterocycles. The molecule has 0 bridgehead atoms. The molecule has 0 saturated carbocycles. The zero-order valence-electron chi connectivity index (χ0n) is 10.2. The van der Waals surface area contributed by atoms with Crippen LogP contribution in [0.25, 0.3) is 0 Å². The van der Waals surface area contributed by atoms with Crippen molar-refractivity contribution in [1.82, 2.24) is 0 Å². The van der Waals surface area contributed by atoms with Crippen LogP contribution in [0.3, 0.4) is 0 Å². The average molecular weight is 263 g/mol. The standard InChI is InChI=1S/C12H16F3NO2/c1-3-7(2)11(16)9-6-8(4-5-10(9)17)18-12(13,14)15/h4-7,11,17H,3,16H2,1-2H3/t7?,11-/m0/s1. The Morgan fingerprint density at radius 2 is 2.00 bits per heavy atom. The monoisotopic (exact) mass is 263 g/mol. The quantitative estimate of drug-likeness (QED) is 0.876. The predicted molar refractivity (Wildman–Crippen MR) is 61.2 cm³/mol. The minimum Gasteiger partial charge on any atom is -0.508 e.